The number of thiol groups is 1. The van der Waals surface area contributed by atoms with Crippen LogP contribution in [0, 0.1) is 0 Å². The molecule has 0 aliphatic rings. The minimum atomic E-state index is -1.13. The molecule has 0 aliphatic heterocycles. The first-order valence-corrected chi connectivity index (χ1v) is 1.71. The topological polar surface area (TPSA) is 40.1 Å². The summed E-state index contributed by atoms with van der Waals surface area (Å²) in [4.78, 5) is 9.18. The second-order valence-corrected chi connectivity index (χ2v) is 0.846. The standard InChI is InChI=1S/C2H4O2S.Cs/c3-2(4)1-5;/h5H,1H2,(H,3,4);/q;+1/p-1. The van der Waals surface area contributed by atoms with Crippen molar-refractivity contribution in [1.29, 1.82) is 0 Å². The van der Waals surface area contributed by atoms with Crippen molar-refractivity contribution in [3.8, 4) is 0 Å². The molecule has 0 radical (unpaired) electrons. The van der Waals surface area contributed by atoms with Gasteiger partial charge in [0.2, 0.25) is 0 Å². The van der Waals surface area contributed by atoms with E-state index in [0.29, 0.717) is 0 Å². The van der Waals surface area contributed by atoms with Crippen molar-refractivity contribution in [3.63, 3.8) is 0 Å². The van der Waals surface area contributed by atoms with Gasteiger partial charge in [0.25, 0.3) is 0 Å². The molecule has 0 heterocycles. The van der Waals surface area contributed by atoms with Gasteiger partial charge in [-0.15, -0.1) is 0 Å². The Morgan fingerprint density at radius 1 is 1.83 bits per heavy atom. The summed E-state index contributed by atoms with van der Waals surface area (Å²) in [7, 11) is 0. The summed E-state index contributed by atoms with van der Waals surface area (Å²) in [6.45, 7) is 0. The molecule has 0 aromatic carbocycles. The Labute approximate surface area is 101 Å². The summed E-state index contributed by atoms with van der Waals surface area (Å²) in [5.74, 6) is -1.33. The predicted octanol–water partition coefficient (Wildman–Crippen LogP) is -4.33. The third kappa shape index (κ3) is 9.30. The Hall–Kier alpha value is 1.87. The number of hydrogen-bond donors (Lipinski definition) is 1. The number of carboxylic acids is 1. The third-order valence-electron chi connectivity index (χ3n) is 0.129. The minimum Gasteiger partial charge on any atom is -0.549 e. The second kappa shape index (κ2) is 6.87. The zero-order valence-corrected chi connectivity index (χ0v) is 10.6. The van der Waals surface area contributed by atoms with Gasteiger partial charge >= 0.3 is 68.9 Å². The van der Waals surface area contributed by atoms with E-state index < -0.39 is 5.97 Å². The average molecular weight is 224 g/mol. The van der Waals surface area contributed by atoms with Crippen LogP contribution in [0.2, 0.25) is 0 Å². The first-order valence-electron chi connectivity index (χ1n) is 1.08. The van der Waals surface area contributed by atoms with Gasteiger partial charge in [-0.3, -0.25) is 0 Å². The maximum Gasteiger partial charge on any atom is 1.00 e. The summed E-state index contributed by atoms with van der Waals surface area (Å²) in [6, 6.07) is 0. The first-order chi connectivity index (χ1) is 2.27. The zero-order valence-electron chi connectivity index (χ0n) is 3.47. The van der Waals surface area contributed by atoms with Crippen molar-refractivity contribution in [3.05, 3.63) is 0 Å². The molecule has 0 fully saturated rings. The molecule has 4 heteroatoms. The minimum absolute atomic E-state index is 0. The fourth-order valence-corrected chi connectivity index (χ4v) is 0. The van der Waals surface area contributed by atoms with Gasteiger partial charge in [0.05, 0.1) is 5.97 Å². The summed E-state index contributed by atoms with van der Waals surface area (Å²) >= 11 is 3.35. The number of hydrogen-bond acceptors (Lipinski definition) is 3. The number of carboxylic acid groups (broad SMARTS) is 1. The quantitative estimate of drug-likeness (QED) is 0.457. The first kappa shape index (κ1) is 10.8. The summed E-state index contributed by atoms with van der Waals surface area (Å²) in [5, 5.41) is 9.18. The summed E-state index contributed by atoms with van der Waals surface area (Å²) in [6.07, 6.45) is 0. The Morgan fingerprint density at radius 2 is 2.00 bits per heavy atom. The molecule has 0 aromatic rings. The number of carbonyl (C=O) groups excluding carboxylic acids is 1. The van der Waals surface area contributed by atoms with Gasteiger partial charge in [-0.1, -0.05) is 0 Å². The van der Waals surface area contributed by atoms with Crippen molar-refractivity contribution in [2.75, 3.05) is 5.75 Å². The Bertz CT molecular complexity index is 46.8. The molecule has 6 heavy (non-hydrogen) atoms. The Balaban J connectivity index is 0. The summed E-state index contributed by atoms with van der Waals surface area (Å²) < 4.78 is 0. The van der Waals surface area contributed by atoms with Crippen molar-refractivity contribution >= 4 is 18.6 Å². The Kier molecular flexibility index (Phi) is 12.3. The van der Waals surface area contributed by atoms with E-state index in [1.807, 2.05) is 0 Å². The third-order valence-corrected chi connectivity index (χ3v) is 0.387. The molecule has 2 nitrogen and oxygen atoms in total. The van der Waals surface area contributed by atoms with Crippen molar-refractivity contribution in [2.45, 2.75) is 0 Å². The van der Waals surface area contributed by atoms with Crippen LogP contribution < -0.4 is 74.0 Å². The van der Waals surface area contributed by atoms with Crippen LogP contribution in [-0.2, 0) is 4.79 Å². The molecule has 0 aromatic heterocycles. The fourth-order valence-electron chi connectivity index (χ4n) is 0. The van der Waals surface area contributed by atoms with E-state index in [4.69, 9.17) is 0 Å². The van der Waals surface area contributed by atoms with Crippen LogP contribution in [0.3, 0.4) is 0 Å². The van der Waals surface area contributed by atoms with Crippen LogP contribution in [0.5, 0.6) is 0 Å². The van der Waals surface area contributed by atoms with Crippen molar-refractivity contribution in [2.24, 2.45) is 0 Å². The monoisotopic (exact) mass is 224 g/mol. The van der Waals surface area contributed by atoms with Crippen LogP contribution in [-0.4, -0.2) is 11.7 Å². The molecular weight excluding hydrogens is 221 g/mol. The molecule has 0 rings (SSSR count). The molecule has 0 aliphatic carbocycles. The average Bonchev–Trinajstić information content (AvgIpc) is 1.38. The molecular formula is C2H3CsO2S. The maximum atomic E-state index is 9.18. The van der Waals surface area contributed by atoms with Gasteiger partial charge in [-0.2, -0.15) is 12.6 Å². The van der Waals surface area contributed by atoms with Gasteiger partial charge in [0.15, 0.2) is 0 Å². The van der Waals surface area contributed by atoms with E-state index in [0.717, 1.165) is 0 Å². The fraction of sp³-hybridized carbons (Fsp3) is 0.500. The number of rotatable bonds is 1. The molecule has 0 saturated heterocycles. The molecule has 0 bridgehead atoms. The summed E-state index contributed by atoms with van der Waals surface area (Å²) in [5.41, 5.74) is 0. The predicted molar refractivity (Wildman–Crippen MR) is 18.9 cm³/mol. The largest absolute Gasteiger partial charge is 1.00 e. The molecule has 0 saturated carbocycles. The molecule has 30 valence electrons. The van der Waals surface area contributed by atoms with Crippen LogP contribution >= 0.6 is 12.6 Å². The van der Waals surface area contributed by atoms with Gasteiger partial charge in [0, 0.05) is 5.75 Å². The van der Waals surface area contributed by atoms with Gasteiger partial charge < -0.3 is 9.90 Å². The van der Waals surface area contributed by atoms with E-state index in [-0.39, 0.29) is 74.6 Å². The number of aliphatic carboxylic acids is 1. The van der Waals surface area contributed by atoms with Gasteiger partial charge in [-0.25, -0.2) is 0 Å². The van der Waals surface area contributed by atoms with E-state index in [1.165, 1.54) is 0 Å². The molecule has 0 amide bonds. The van der Waals surface area contributed by atoms with Gasteiger partial charge in [0.1, 0.15) is 0 Å². The van der Waals surface area contributed by atoms with E-state index in [2.05, 4.69) is 12.6 Å². The van der Waals surface area contributed by atoms with Crippen LogP contribution in [0.1, 0.15) is 0 Å². The van der Waals surface area contributed by atoms with Gasteiger partial charge in [-0.05, 0) is 0 Å². The molecule has 0 N–H and O–H groups in total. The SMILES string of the molecule is O=C([O-])CS.[Cs+]. The van der Waals surface area contributed by atoms with Crippen LogP contribution in [0.25, 0.3) is 0 Å². The maximum absolute atomic E-state index is 9.18. The normalized spacial score (nSPS) is 6.17. The zero-order chi connectivity index (χ0) is 4.28. The van der Waals surface area contributed by atoms with Crippen LogP contribution in [0.4, 0.5) is 0 Å². The van der Waals surface area contributed by atoms with E-state index in [9.17, 15) is 9.90 Å². The van der Waals surface area contributed by atoms with Crippen molar-refractivity contribution < 1.29 is 78.8 Å². The Morgan fingerprint density at radius 3 is 2.00 bits per heavy atom. The second-order valence-electron chi connectivity index (χ2n) is 0.530. The van der Waals surface area contributed by atoms with E-state index in [1.54, 1.807) is 0 Å². The molecule has 0 atom stereocenters. The molecule has 0 unspecified atom stereocenters. The smallest absolute Gasteiger partial charge is 0.549 e. The van der Waals surface area contributed by atoms with E-state index >= 15 is 0 Å². The van der Waals surface area contributed by atoms with Crippen LogP contribution in [0.15, 0.2) is 0 Å². The van der Waals surface area contributed by atoms with Crippen molar-refractivity contribution in [1.82, 2.24) is 0 Å². The number of carbonyl (C=O) groups is 1. The molecule has 0 spiro atoms.